The van der Waals surface area contributed by atoms with Crippen molar-refractivity contribution in [1.29, 1.82) is 0 Å². The summed E-state index contributed by atoms with van der Waals surface area (Å²) in [6, 6.07) is 1.56. The van der Waals surface area contributed by atoms with Crippen LogP contribution < -0.4 is 5.32 Å². The first kappa shape index (κ1) is 11.5. The molecular formula is C11H22BrN. The van der Waals surface area contributed by atoms with Gasteiger partial charge in [0.15, 0.2) is 0 Å². The molecule has 0 radical (unpaired) electrons. The van der Waals surface area contributed by atoms with E-state index in [1.165, 1.54) is 44.9 Å². The van der Waals surface area contributed by atoms with Crippen LogP contribution in [0.15, 0.2) is 0 Å². The molecule has 0 aromatic rings. The van der Waals surface area contributed by atoms with Crippen LogP contribution in [0.1, 0.15) is 51.9 Å². The van der Waals surface area contributed by atoms with Crippen molar-refractivity contribution in [2.45, 2.75) is 64.0 Å². The Labute approximate surface area is 90.8 Å². The Balaban J connectivity index is 2.18. The van der Waals surface area contributed by atoms with Crippen molar-refractivity contribution in [3.63, 3.8) is 0 Å². The molecule has 0 aliphatic heterocycles. The molecule has 1 fully saturated rings. The van der Waals surface area contributed by atoms with Gasteiger partial charge in [0.05, 0.1) is 0 Å². The number of hydrogen-bond acceptors (Lipinski definition) is 1. The first-order valence-electron chi connectivity index (χ1n) is 5.68. The van der Waals surface area contributed by atoms with Crippen LogP contribution in [-0.4, -0.2) is 17.4 Å². The minimum absolute atomic E-state index is 0.738. The number of nitrogens with one attached hydrogen (secondary N) is 1. The lowest BCUT2D eigenvalue weighted by Gasteiger charge is -2.27. The average molecular weight is 248 g/mol. The standard InChI is InChI=1S/C11H22BrN/c1-2-10(8-9-12)13-11-6-4-3-5-7-11/h10-11,13H,2-9H2,1H3. The van der Waals surface area contributed by atoms with E-state index in [1.807, 2.05) is 0 Å². The van der Waals surface area contributed by atoms with Crippen LogP contribution in [-0.2, 0) is 0 Å². The minimum atomic E-state index is 0.738. The molecule has 0 bridgehead atoms. The molecule has 1 nitrogen and oxygen atoms in total. The summed E-state index contributed by atoms with van der Waals surface area (Å²) in [5, 5.41) is 4.91. The third-order valence-corrected chi connectivity index (χ3v) is 3.48. The maximum absolute atomic E-state index is 3.78. The molecule has 1 atom stereocenters. The first-order valence-corrected chi connectivity index (χ1v) is 6.81. The second kappa shape index (κ2) is 6.83. The Kier molecular flexibility index (Phi) is 6.05. The Morgan fingerprint density at radius 2 is 2.00 bits per heavy atom. The fourth-order valence-electron chi connectivity index (χ4n) is 2.14. The summed E-state index contributed by atoms with van der Waals surface area (Å²) in [4.78, 5) is 0. The fourth-order valence-corrected chi connectivity index (χ4v) is 2.69. The molecule has 0 aromatic heterocycles. The predicted octanol–water partition coefficient (Wildman–Crippen LogP) is 3.47. The van der Waals surface area contributed by atoms with Gasteiger partial charge in [0.1, 0.15) is 0 Å². The zero-order valence-electron chi connectivity index (χ0n) is 8.69. The number of alkyl halides is 1. The summed E-state index contributed by atoms with van der Waals surface area (Å²) >= 11 is 3.52. The molecule has 1 N–H and O–H groups in total. The summed E-state index contributed by atoms with van der Waals surface area (Å²) in [7, 11) is 0. The SMILES string of the molecule is CCC(CCBr)NC1CCCCC1. The molecule has 0 saturated heterocycles. The summed E-state index contributed by atoms with van der Waals surface area (Å²) in [5.74, 6) is 0. The van der Waals surface area contributed by atoms with E-state index in [0.717, 1.165) is 17.4 Å². The van der Waals surface area contributed by atoms with Crippen LogP contribution in [0.25, 0.3) is 0 Å². The van der Waals surface area contributed by atoms with Gasteiger partial charge in [0, 0.05) is 17.4 Å². The van der Waals surface area contributed by atoms with E-state index in [4.69, 9.17) is 0 Å². The van der Waals surface area contributed by atoms with E-state index >= 15 is 0 Å². The summed E-state index contributed by atoms with van der Waals surface area (Å²) in [5.41, 5.74) is 0. The van der Waals surface area contributed by atoms with E-state index in [2.05, 4.69) is 28.2 Å². The second-order valence-electron chi connectivity index (χ2n) is 4.08. The predicted molar refractivity (Wildman–Crippen MR) is 62.5 cm³/mol. The van der Waals surface area contributed by atoms with Crippen molar-refractivity contribution >= 4 is 15.9 Å². The summed E-state index contributed by atoms with van der Waals surface area (Å²) in [6.45, 7) is 2.28. The van der Waals surface area contributed by atoms with E-state index in [9.17, 15) is 0 Å². The maximum Gasteiger partial charge on any atom is 0.00749 e. The van der Waals surface area contributed by atoms with Gasteiger partial charge in [-0.15, -0.1) is 0 Å². The second-order valence-corrected chi connectivity index (χ2v) is 4.88. The van der Waals surface area contributed by atoms with Gasteiger partial charge < -0.3 is 5.32 Å². The Bertz CT molecular complexity index is 119. The largest absolute Gasteiger partial charge is 0.311 e. The highest BCUT2D eigenvalue weighted by Gasteiger charge is 2.15. The van der Waals surface area contributed by atoms with Crippen molar-refractivity contribution < 1.29 is 0 Å². The quantitative estimate of drug-likeness (QED) is 0.734. The lowest BCUT2D eigenvalue weighted by atomic mass is 9.94. The first-order chi connectivity index (χ1) is 6.36. The van der Waals surface area contributed by atoms with Crippen molar-refractivity contribution in [3.8, 4) is 0 Å². The Hall–Kier alpha value is 0.440. The monoisotopic (exact) mass is 247 g/mol. The highest BCUT2D eigenvalue weighted by molar-refractivity contribution is 9.09. The van der Waals surface area contributed by atoms with Gasteiger partial charge in [-0.05, 0) is 25.7 Å². The van der Waals surface area contributed by atoms with Crippen molar-refractivity contribution in [1.82, 2.24) is 5.32 Å². The fraction of sp³-hybridized carbons (Fsp3) is 1.00. The summed E-state index contributed by atoms with van der Waals surface area (Å²) in [6.07, 6.45) is 9.66. The van der Waals surface area contributed by atoms with E-state index in [-0.39, 0.29) is 0 Å². The number of hydrogen-bond donors (Lipinski definition) is 1. The van der Waals surface area contributed by atoms with Crippen LogP contribution in [0.4, 0.5) is 0 Å². The molecule has 0 amide bonds. The molecule has 1 saturated carbocycles. The zero-order chi connectivity index (χ0) is 9.52. The van der Waals surface area contributed by atoms with Crippen LogP contribution >= 0.6 is 15.9 Å². The van der Waals surface area contributed by atoms with Gasteiger partial charge in [-0.3, -0.25) is 0 Å². The van der Waals surface area contributed by atoms with E-state index in [1.54, 1.807) is 0 Å². The van der Waals surface area contributed by atoms with Crippen molar-refractivity contribution in [3.05, 3.63) is 0 Å². The third kappa shape index (κ3) is 4.46. The summed E-state index contributed by atoms with van der Waals surface area (Å²) < 4.78 is 0. The van der Waals surface area contributed by atoms with Gasteiger partial charge in [0.25, 0.3) is 0 Å². The van der Waals surface area contributed by atoms with Crippen molar-refractivity contribution in [2.75, 3.05) is 5.33 Å². The van der Waals surface area contributed by atoms with Crippen LogP contribution in [0, 0.1) is 0 Å². The van der Waals surface area contributed by atoms with Gasteiger partial charge in [-0.1, -0.05) is 42.1 Å². The molecule has 1 unspecified atom stereocenters. The van der Waals surface area contributed by atoms with Gasteiger partial charge in [0.2, 0.25) is 0 Å². The van der Waals surface area contributed by atoms with Gasteiger partial charge in [-0.25, -0.2) is 0 Å². The number of halogens is 1. The Morgan fingerprint density at radius 3 is 2.54 bits per heavy atom. The lowest BCUT2D eigenvalue weighted by Crippen LogP contribution is -2.39. The molecular weight excluding hydrogens is 226 g/mol. The Morgan fingerprint density at radius 1 is 1.31 bits per heavy atom. The molecule has 1 aliphatic carbocycles. The minimum Gasteiger partial charge on any atom is -0.311 e. The highest BCUT2D eigenvalue weighted by Crippen LogP contribution is 2.18. The molecule has 0 heterocycles. The van der Waals surface area contributed by atoms with Crippen LogP contribution in [0.5, 0.6) is 0 Å². The maximum atomic E-state index is 3.78. The lowest BCUT2D eigenvalue weighted by molar-refractivity contribution is 0.328. The van der Waals surface area contributed by atoms with Crippen molar-refractivity contribution in [2.24, 2.45) is 0 Å². The molecule has 1 aliphatic rings. The molecule has 1 rings (SSSR count). The average Bonchev–Trinajstić information content (AvgIpc) is 2.19. The molecule has 13 heavy (non-hydrogen) atoms. The van der Waals surface area contributed by atoms with E-state index in [0.29, 0.717) is 0 Å². The van der Waals surface area contributed by atoms with E-state index < -0.39 is 0 Å². The van der Waals surface area contributed by atoms with Gasteiger partial charge in [-0.2, -0.15) is 0 Å². The van der Waals surface area contributed by atoms with Gasteiger partial charge >= 0.3 is 0 Å². The smallest absolute Gasteiger partial charge is 0.00749 e. The molecule has 0 spiro atoms. The molecule has 0 aromatic carbocycles. The molecule has 2 heteroatoms. The van der Waals surface area contributed by atoms with Crippen LogP contribution in [0.2, 0.25) is 0 Å². The normalized spacial score (nSPS) is 21.7. The molecule has 78 valence electrons. The van der Waals surface area contributed by atoms with Crippen LogP contribution in [0.3, 0.4) is 0 Å². The zero-order valence-corrected chi connectivity index (χ0v) is 10.3. The third-order valence-electron chi connectivity index (χ3n) is 3.03. The highest BCUT2D eigenvalue weighted by atomic mass is 79.9. The number of rotatable bonds is 5. The topological polar surface area (TPSA) is 12.0 Å².